The van der Waals surface area contributed by atoms with Crippen molar-refractivity contribution in [1.29, 1.82) is 0 Å². The Hall–Kier alpha value is -2.07. The number of pyridine rings is 1. The van der Waals surface area contributed by atoms with E-state index in [0.717, 1.165) is 50.5 Å². The number of nitrogens with one attached hydrogen (secondary N) is 1. The number of aryl methyl sites for hydroxylation is 2. The minimum Gasteiger partial charge on any atom is -0.493 e. The quantitative estimate of drug-likeness (QED) is 0.890. The van der Waals surface area contributed by atoms with Crippen LogP contribution < -0.4 is 14.8 Å². The second-order valence-electron chi connectivity index (χ2n) is 6.32. The normalized spacial score (nSPS) is 18.9. The van der Waals surface area contributed by atoms with Crippen molar-refractivity contribution >= 4 is 0 Å². The number of hydrogen-bond acceptors (Lipinski definition) is 4. The van der Waals surface area contributed by atoms with Crippen LogP contribution in [-0.2, 0) is 19.3 Å². The molecule has 1 atom stereocenters. The van der Waals surface area contributed by atoms with E-state index in [1.807, 2.05) is 6.20 Å². The van der Waals surface area contributed by atoms with Crippen molar-refractivity contribution in [3.63, 3.8) is 0 Å². The zero-order valence-corrected chi connectivity index (χ0v) is 13.3. The van der Waals surface area contributed by atoms with E-state index >= 15 is 0 Å². The fourth-order valence-electron chi connectivity index (χ4n) is 3.02. The lowest BCUT2D eigenvalue weighted by Gasteiger charge is -2.27. The third-order valence-electron chi connectivity index (χ3n) is 4.61. The average molecular weight is 310 g/mol. The van der Waals surface area contributed by atoms with E-state index in [2.05, 4.69) is 34.6 Å². The Kier molecular flexibility index (Phi) is 4.16. The fourth-order valence-corrected chi connectivity index (χ4v) is 3.02. The third-order valence-corrected chi connectivity index (χ3v) is 4.61. The first-order valence-electron chi connectivity index (χ1n) is 8.41. The summed E-state index contributed by atoms with van der Waals surface area (Å²) >= 11 is 0. The highest BCUT2D eigenvalue weighted by Gasteiger charge is 2.16. The van der Waals surface area contributed by atoms with Crippen LogP contribution in [0.3, 0.4) is 0 Å². The van der Waals surface area contributed by atoms with Crippen LogP contribution in [0.1, 0.15) is 23.1 Å². The van der Waals surface area contributed by atoms with E-state index in [-0.39, 0.29) is 0 Å². The lowest BCUT2D eigenvalue weighted by molar-refractivity contribution is 0.217. The second kappa shape index (κ2) is 6.59. The number of rotatable bonds is 6. The van der Waals surface area contributed by atoms with Crippen LogP contribution in [0.2, 0.25) is 0 Å². The zero-order chi connectivity index (χ0) is 15.5. The highest BCUT2D eigenvalue weighted by molar-refractivity contribution is 5.40. The van der Waals surface area contributed by atoms with Crippen LogP contribution in [0.5, 0.6) is 11.5 Å². The zero-order valence-electron chi connectivity index (χ0n) is 13.3. The van der Waals surface area contributed by atoms with Crippen LogP contribution in [-0.4, -0.2) is 30.8 Å². The summed E-state index contributed by atoms with van der Waals surface area (Å²) in [6.45, 7) is 2.65. The molecule has 4 nitrogen and oxygen atoms in total. The molecule has 1 saturated heterocycles. The standard InChI is InChI=1S/C19H22N2O2/c1(14-3-4-16-6-8-22-19(16)10-14)2-15-9-18(12-20-11-15)23-13-17-5-7-21-17/h3-4,9-12,17,21H,1-2,5-8,13H2. The molecule has 0 radical (unpaired) electrons. The molecule has 4 heteroatoms. The SMILES string of the molecule is c1cc2c(cc1CCc1cncc(OCC3CCN3)c1)OCC2. The Morgan fingerprint density at radius 1 is 1.17 bits per heavy atom. The van der Waals surface area contributed by atoms with Crippen molar-refractivity contribution in [2.24, 2.45) is 0 Å². The number of fused-ring (bicyclic) bond motifs is 1. The lowest BCUT2D eigenvalue weighted by atomic mass is 10.0. The van der Waals surface area contributed by atoms with Gasteiger partial charge < -0.3 is 14.8 Å². The summed E-state index contributed by atoms with van der Waals surface area (Å²) in [5.74, 6) is 1.93. The maximum Gasteiger partial charge on any atom is 0.137 e. The number of benzene rings is 1. The first-order chi connectivity index (χ1) is 11.4. The summed E-state index contributed by atoms with van der Waals surface area (Å²) in [6, 6.07) is 9.20. The van der Waals surface area contributed by atoms with E-state index in [0.29, 0.717) is 6.04 Å². The van der Waals surface area contributed by atoms with Crippen molar-refractivity contribution < 1.29 is 9.47 Å². The van der Waals surface area contributed by atoms with Gasteiger partial charge in [0.25, 0.3) is 0 Å². The number of ether oxygens (including phenoxy) is 2. The smallest absolute Gasteiger partial charge is 0.137 e. The Morgan fingerprint density at radius 3 is 2.96 bits per heavy atom. The van der Waals surface area contributed by atoms with E-state index < -0.39 is 0 Å². The van der Waals surface area contributed by atoms with Gasteiger partial charge in [-0.15, -0.1) is 0 Å². The van der Waals surface area contributed by atoms with Crippen LogP contribution in [0.15, 0.2) is 36.7 Å². The van der Waals surface area contributed by atoms with E-state index in [9.17, 15) is 0 Å². The van der Waals surface area contributed by atoms with E-state index in [1.165, 1.54) is 23.1 Å². The summed E-state index contributed by atoms with van der Waals surface area (Å²) in [7, 11) is 0. The lowest BCUT2D eigenvalue weighted by Crippen LogP contribution is -2.46. The van der Waals surface area contributed by atoms with Gasteiger partial charge in [-0.25, -0.2) is 0 Å². The minimum absolute atomic E-state index is 0.505. The van der Waals surface area contributed by atoms with Crippen LogP contribution in [0.4, 0.5) is 0 Å². The van der Waals surface area contributed by atoms with Crippen molar-refractivity contribution in [1.82, 2.24) is 10.3 Å². The maximum absolute atomic E-state index is 5.82. The average Bonchev–Trinajstić information content (AvgIpc) is 2.99. The molecule has 120 valence electrons. The molecule has 1 unspecified atom stereocenters. The van der Waals surface area contributed by atoms with E-state index in [1.54, 1.807) is 6.20 Å². The molecule has 23 heavy (non-hydrogen) atoms. The highest BCUT2D eigenvalue weighted by atomic mass is 16.5. The molecule has 3 heterocycles. The number of nitrogens with zero attached hydrogens (tertiary/aromatic N) is 1. The Labute approximate surface area is 136 Å². The predicted molar refractivity (Wildman–Crippen MR) is 89.2 cm³/mol. The first-order valence-corrected chi connectivity index (χ1v) is 8.41. The van der Waals surface area contributed by atoms with Crippen molar-refractivity contribution in [2.75, 3.05) is 19.8 Å². The largest absolute Gasteiger partial charge is 0.493 e. The number of hydrogen-bond donors (Lipinski definition) is 1. The molecule has 0 aliphatic carbocycles. The molecule has 1 aromatic carbocycles. The van der Waals surface area contributed by atoms with Gasteiger partial charge in [0.2, 0.25) is 0 Å². The Bertz CT molecular complexity index is 683. The monoisotopic (exact) mass is 310 g/mol. The highest BCUT2D eigenvalue weighted by Crippen LogP contribution is 2.26. The van der Waals surface area contributed by atoms with Gasteiger partial charge in [0.1, 0.15) is 18.1 Å². The van der Waals surface area contributed by atoms with Gasteiger partial charge in [-0.3, -0.25) is 4.98 Å². The molecule has 1 fully saturated rings. The third kappa shape index (κ3) is 3.48. The van der Waals surface area contributed by atoms with Crippen molar-refractivity contribution in [3.05, 3.63) is 53.3 Å². The van der Waals surface area contributed by atoms with Gasteiger partial charge in [0.05, 0.1) is 12.8 Å². The molecular weight excluding hydrogens is 288 g/mol. The first kappa shape index (κ1) is 14.5. The number of aromatic nitrogens is 1. The molecule has 0 bridgehead atoms. The molecule has 0 amide bonds. The topological polar surface area (TPSA) is 43.4 Å². The Morgan fingerprint density at radius 2 is 2.09 bits per heavy atom. The molecule has 2 aliphatic heterocycles. The molecule has 0 spiro atoms. The minimum atomic E-state index is 0.505. The van der Waals surface area contributed by atoms with Crippen LogP contribution in [0.25, 0.3) is 0 Å². The van der Waals surface area contributed by atoms with Crippen LogP contribution in [0, 0.1) is 0 Å². The Balaban J connectivity index is 1.34. The van der Waals surface area contributed by atoms with Gasteiger partial charge >= 0.3 is 0 Å². The maximum atomic E-state index is 5.82. The van der Waals surface area contributed by atoms with Gasteiger partial charge in [0.15, 0.2) is 0 Å². The second-order valence-corrected chi connectivity index (χ2v) is 6.32. The molecule has 1 N–H and O–H groups in total. The summed E-state index contributed by atoms with van der Waals surface area (Å²) in [4.78, 5) is 4.31. The molecular formula is C19H22N2O2. The van der Waals surface area contributed by atoms with Gasteiger partial charge in [-0.1, -0.05) is 12.1 Å². The molecule has 2 aliphatic rings. The molecule has 0 saturated carbocycles. The summed E-state index contributed by atoms with van der Waals surface area (Å²) in [5, 5.41) is 3.34. The van der Waals surface area contributed by atoms with E-state index in [4.69, 9.17) is 9.47 Å². The van der Waals surface area contributed by atoms with Gasteiger partial charge in [0, 0.05) is 18.7 Å². The molecule has 2 aromatic rings. The van der Waals surface area contributed by atoms with Crippen molar-refractivity contribution in [3.8, 4) is 11.5 Å². The predicted octanol–water partition coefficient (Wildman–Crippen LogP) is 2.54. The van der Waals surface area contributed by atoms with Gasteiger partial charge in [-0.2, -0.15) is 0 Å². The fraction of sp³-hybridized carbons (Fsp3) is 0.421. The van der Waals surface area contributed by atoms with Gasteiger partial charge in [-0.05, 0) is 54.6 Å². The molecule has 4 rings (SSSR count). The summed E-state index contributed by atoms with van der Waals surface area (Å²) in [5.41, 5.74) is 3.86. The molecule has 1 aromatic heterocycles. The van der Waals surface area contributed by atoms with Crippen LogP contribution >= 0.6 is 0 Å². The summed E-state index contributed by atoms with van der Waals surface area (Å²) < 4.78 is 11.5. The van der Waals surface area contributed by atoms with Crippen molar-refractivity contribution in [2.45, 2.75) is 31.7 Å². The summed E-state index contributed by atoms with van der Waals surface area (Å²) in [6.07, 6.45) is 7.92.